The van der Waals surface area contributed by atoms with Crippen molar-refractivity contribution in [2.75, 3.05) is 19.7 Å². The van der Waals surface area contributed by atoms with E-state index in [9.17, 15) is 0 Å². The highest BCUT2D eigenvalue weighted by Crippen LogP contribution is 2.20. The summed E-state index contributed by atoms with van der Waals surface area (Å²) in [6.07, 6.45) is 24.4. The molecule has 0 aromatic rings. The summed E-state index contributed by atoms with van der Waals surface area (Å²) in [5.74, 6) is 0. The highest BCUT2D eigenvalue weighted by Gasteiger charge is 2.29. The summed E-state index contributed by atoms with van der Waals surface area (Å²) in [6.45, 7) is 7.84. The Balaban J connectivity index is 0.00000625. The van der Waals surface area contributed by atoms with E-state index in [2.05, 4.69) is 19.2 Å². The maximum atomic E-state index is 5.96. The molecule has 1 rings (SSSR count). The van der Waals surface area contributed by atoms with Crippen LogP contribution in [0, 0.1) is 0 Å². The molecule has 2 N–H and O–H groups in total. The minimum atomic E-state index is 0. The van der Waals surface area contributed by atoms with Crippen molar-refractivity contribution in [1.82, 2.24) is 0 Å². The molecule has 0 aromatic heterocycles. The van der Waals surface area contributed by atoms with Crippen LogP contribution >= 0.6 is 0 Å². The predicted octanol–water partition coefficient (Wildman–Crippen LogP) is 2.99. The Morgan fingerprint density at radius 3 is 1.50 bits per heavy atom. The molecule has 0 bridgehead atoms. The molecule has 2 nitrogen and oxygen atoms in total. The Morgan fingerprint density at radius 1 is 0.692 bits per heavy atom. The van der Waals surface area contributed by atoms with E-state index in [0.29, 0.717) is 0 Å². The summed E-state index contributed by atoms with van der Waals surface area (Å²) in [5, 5.41) is 2.41. The van der Waals surface area contributed by atoms with Gasteiger partial charge in [0.1, 0.15) is 12.1 Å². The van der Waals surface area contributed by atoms with Crippen LogP contribution in [0.15, 0.2) is 0 Å². The molecule has 3 heteroatoms. The van der Waals surface area contributed by atoms with Crippen molar-refractivity contribution in [1.29, 1.82) is 0 Å². The summed E-state index contributed by atoms with van der Waals surface area (Å²) in [5.41, 5.74) is 0.161. The molecule has 1 aliphatic rings. The number of nitrogens with two attached hydrogens (primary N) is 1. The van der Waals surface area contributed by atoms with Gasteiger partial charge in [-0.2, -0.15) is 0 Å². The molecular weight excluding hydrogens is 342 g/mol. The largest absolute Gasteiger partial charge is 1.00 e. The van der Waals surface area contributed by atoms with Gasteiger partial charge >= 0.3 is 0 Å². The van der Waals surface area contributed by atoms with Gasteiger partial charge in [-0.15, -0.1) is 0 Å². The first kappa shape index (κ1) is 26.2. The second kappa shape index (κ2) is 18.6. The molecule has 26 heavy (non-hydrogen) atoms. The van der Waals surface area contributed by atoms with Crippen molar-refractivity contribution in [2.45, 2.75) is 129 Å². The SMILES string of the molecule is CCCCCCCCCCCCCCCCCCC1(C)C[NH2+]CCO1.[Cl-]. The summed E-state index contributed by atoms with van der Waals surface area (Å²) in [6, 6.07) is 0. The molecule has 0 aromatic carbocycles. The van der Waals surface area contributed by atoms with Crippen LogP contribution in [0.1, 0.15) is 123 Å². The van der Waals surface area contributed by atoms with E-state index in [1.807, 2.05) is 0 Å². The first-order chi connectivity index (χ1) is 12.3. The molecule has 0 amide bonds. The third kappa shape index (κ3) is 15.3. The van der Waals surface area contributed by atoms with Gasteiger partial charge in [0.25, 0.3) is 0 Å². The highest BCUT2D eigenvalue weighted by atomic mass is 35.5. The van der Waals surface area contributed by atoms with E-state index in [1.165, 1.54) is 109 Å². The molecule has 158 valence electrons. The minimum Gasteiger partial charge on any atom is -1.00 e. The summed E-state index contributed by atoms with van der Waals surface area (Å²) in [4.78, 5) is 0. The average Bonchev–Trinajstić information content (AvgIpc) is 2.62. The van der Waals surface area contributed by atoms with Crippen LogP contribution in [-0.4, -0.2) is 25.3 Å². The molecule has 0 radical (unpaired) electrons. The van der Waals surface area contributed by atoms with E-state index in [0.717, 1.165) is 19.7 Å². The molecule has 1 fully saturated rings. The number of rotatable bonds is 17. The van der Waals surface area contributed by atoms with Crippen LogP contribution < -0.4 is 17.7 Å². The smallest absolute Gasteiger partial charge is 0.114 e. The maximum absolute atomic E-state index is 5.96. The average molecular weight is 390 g/mol. The van der Waals surface area contributed by atoms with E-state index >= 15 is 0 Å². The van der Waals surface area contributed by atoms with Gasteiger partial charge in [-0.05, 0) is 13.3 Å². The Morgan fingerprint density at radius 2 is 1.12 bits per heavy atom. The number of hydrogen-bond acceptors (Lipinski definition) is 1. The van der Waals surface area contributed by atoms with E-state index in [-0.39, 0.29) is 18.0 Å². The fourth-order valence-corrected chi connectivity index (χ4v) is 4.08. The molecule has 0 aliphatic carbocycles. The predicted molar refractivity (Wildman–Crippen MR) is 110 cm³/mol. The zero-order valence-corrected chi connectivity index (χ0v) is 18.8. The van der Waals surface area contributed by atoms with Gasteiger partial charge < -0.3 is 22.5 Å². The van der Waals surface area contributed by atoms with Crippen molar-refractivity contribution >= 4 is 0 Å². The van der Waals surface area contributed by atoms with Crippen LogP contribution in [0.4, 0.5) is 0 Å². The lowest BCUT2D eigenvalue weighted by Crippen LogP contribution is -3.00. The minimum absolute atomic E-state index is 0. The van der Waals surface area contributed by atoms with E-state index < -0.39 is 0 Å². The summed E-state index contributed by atoms with van der Waals surface area (Å²) in [7, 11) is 0. The number of ether oxygens (including phenoxy) is 1. The van der Waals surface area contributed by atoms with Crippen LogP contribution in [0.25, 0.3) is 0 Å². The van der Waals surface area contributed by atoms with Crippen molar-refractivity contribution in [3.05, 3.63) is 0 Å². The molecule has 1 heterocycles. The second-order valence-corrected chi connectivity index (χ2v) is 8.63. The van der Waals surface area contributed by atoms with Gasteiger partial charge in [0.15, 0.2) is 0 Å². The molecule has 1 aliphatic heterocycles. The van der Waals surface area contributed by atoms with Crippen molar-refractivity contribution < 1.29 is 22.5 Å². The molecule has 1 saturated heterocycles. The van der Waals surface area contributed by atoms with Crippen LogP contribution in [0.2, 0.25) is 0 Å². The molecule has 0 saturated carbocycles. The van der Waals surface area contributed by atoms with Gasteiger partial charge in [-0.25, -0.2) is 0 Å². The molecular formula is C23H48ClNO. The van der Waals surface area contributed by atoms with Crippen LogP contribution in [0.5, 0.6) is 0 Å². The monoisotopic (exact) mass is 389 g/mol. The van der Waals surface area contributed by atoms with E-state index in [4.69, 9.17) is 4.74 Å². The van der Waals surface area contributed by atoms with Crippen LogP contribution in [0.3, 0.4) is 0 Å². The van der Waals surface area contributed by atoms with Gasteiger partial charge in [-0.1, -0.05) is 110 Å². The first-order valence-electron chi connectivity index (χ1n) is 11.7. The Labute approximate surface area is 171 Å². The zero-order chi connectivity index (χ0) is 18.1. The topological polar surface area (TPSA) is 25.8 Å². The fraction of sp³-hybridized carbons (Fsp3) is 1.00. The van der Waals surface area contributed by atoms with Gasteiger partial charge in [0.05, 0.1) is 13.2 Å². The third-order valence-electron chi connectivity index (χ3n) is 5.91. The number of morpholine rings is 1. The fourth-order valence-electron chi connectivity index (χ4n) is 4.08. The highest BCUT2D eigenvalue weighted by molar-refractivity contribution is 4.75. The second-order valence-electron chi connectivity index (χ2n) is 8.63. The standard InChI is InChI=1S/C23H47NO.ClH/c1-3-4-5-6-7-8-9-10-11-12-13-14-15-16-17-18-19-23(2)22-24-20-21-25-23;/h24H,3-22H2,1-2H3;1H. The van der Waals surface area contributed by atoms with Gasteiger partial charge in [-0.3, -0.25) is 0 Å². The molecule has 1 unspecified atom stereocenters. The lowest BCUT2D eigenvalue weighted by molar-refractivity contribution is -0.685. The van der Waals surface area contributed by atoms with Gasteiger partial charge in [0.2, 0.25) is 0 Å². The molecule has 0 spiro atoms. The van der Waals surface area contributed by atoms with Crippen LogP contribution in [-0.2, 0) is 4.74 Å². The quantitative estimate of drug-likeness (QED) is 0.380. The van der Waals surface area contributed by atoms with Crippen molar-refractivity contribution in [3.63, 3.8) is 0 Å². The molecule has 1 atom stereocenters. The van der Waals surface area contributed by atoms with Gasteiger partial charge in [0, 0.05) is 0 Å². The van der Waals surface area contributed by atoms with Crippen molar-refractivity contribution in [2.24, 2.45) is 0 Å². The first-order valence-corrected chi connectivity index (χ1v) is 11.7. The Hall–Kier alpha value is 0.210. The van der Waals surface area contributed by atoms with E-state index in [1.54, 1.807) is 0 Å². The third-order valence-corrected chi connectivity index (χ3v) is 5.91. The summed E-state index contributed by atoms with van der Waals surface area (Å²) >= 11 is 0. The number of hydrogen-bond donors (Lipinski definition) is 1. The number of halogens is 1. The Kier molecular flexibility index (Phi) is 18.7. The Bertz CT molecular complexity index is 279. The lowest BCUT2D eigenvalue weighted by atomic mass is 9.96. The van der Waals surface area contributed by atoms with Crippen molar-refractivity contribution in [3.8, 4) is 0 Å². The zero-order valence-electron chi connectivity index (χ0n) is 18.0. The number of unbranched alkanes of at least 4 members (excludes halogenated alkanes) is 15. The lowest BCUT2D eigenvalue weighted by Gasteiger charge is -2.31. The summed E-state index contributed by atoms with van der Waals surface area (Å²) < 4.78 is 5.96. The normalized spacial score (nSPS) is 20.1. The maximum Gasteiger partial charge on any atom is 0.114 e. The number of quaternary nitrogens is 1.